The Kier molecular flexibility index (Phi) is 15.2. The van der Waals surface area contributed by atoms with Crippen LogP contribution in [0.4, 0.5) is 0 Å². The zero-order valence-electron chi connectivity index (χ0n) is 28.1. The monoisotopic (exact) mass is 718 g/mol. The molecule has 0 aromatic heterocycles. The van der Waals surface area contributed by atoms with Gasteiger partial charge in [0.05, 0.1) is 25.8 Å². The third-order valence-corrected chi connectivity index (χ3v) is 8.27. The van der Waals surface area contributed by atoms with Gasteiger partial charge in [0.1, 0.15) is 48.3 Å². The predicted molar refractivity (Wildman–Crippen MR) is 178 cm³/mol. The molecule has 0 bridgehead atoms. The van der Waals surface area contributed by atoms with Crippen LogP contribution in [-0.2, 0) is 46.3 Å². The number of amides is 5. The molecule has 1 aliphatic heterocycles. The number of nitrogens with two attached hydrogens (primary N) is 2. The highest BCUT2D eigenvalue weighted by molar-refractivity contribution is 5.94. The third kappa shape index (κ3) is 11.7. The number of carbonyl (C=O) groups excluding carboxylic acids is 5. The maximum atomic E-state index is 13.6. The van der Waals surface area contributed by atoms with E-state index in [4.69, 9.17) is 20.9 Å². The summed E-state index contributed by atoms with van der Waals surface area (Å²) in [5.41, 5.74) is 12.8. The second-order valence-electron chi connectivity index (χ2n) is 12.1. The molecule has 1 heterocycles. The summed E-state index contributed by atoms with van der Waals surface area (Å²) in [6.45, 7) is -0.534. The van der Waals surface area contributed by atoms with Crippen LogP contribution in [0.2, 0.25) is 0 Å². The molecule has 2 aromatic carbocycles. The highest BCUT2D eigenvalue weighted by Gasteiger charge is 2.44. The van der Waals surface area contributed by atoms with E-state index in [1.54, 1.807) is 42.5 Å². The van der Waals surface area contributed by atoms with E-state index in [0.29, 0.717) is 11.1 Å². The Morgan fingerprint density at radius 2 is 1.51 bits per heavy atom. The van der Waals surface area contributed by atoms with E-state index in [0.717, 1.165) is 4.90 Å². The number of aromatic hydroxyl groups is 1. The van der Waals surface area contributed by atoms with Gasteiger partial charge in [-0.05, 0) is 36.6 Å². The van der Waals surface area contributed by atoms with Crippen LogP contribution in [0.25, 0.3) is 0 Å². The second-order valence-corrected chi connectivity index (χ2v) is 12.1. The molecule has 9 atom stereocenters. The number of nitrogens with one attached hydrogen (secondary N) is 3. The number of aliphatic hydroxyl groups is 4. The van der Waals surface area contributed by atoms with Gasteiger partial charge in [0.15, 0.2) is 6.29 Å². The number of primary amides is 1. The summed E-state index contributed by atoms with van der Waals surface area (Å²) in [5.74, 6) is -3.84. The van der Waals surface area contributed by atoms with Crippen LogP contribution in [0.5, 0.6) is 5.75 Å². The molecule has 0 saturated carbocycles. The Morgan fingerprint density at radius 1 is 0.882 bits per heavy atom. The van der Waals surface area contributed by atoms with Gasteiger partial charge in [-0.2, -0.15) is 0 Å². The van der Waals surface area contributed by atoms with Crippen molar-refractivity contribution >= 4 is 29.5 Å². The molecular weight excluding hydrogens is 672 g/mol. The summed E-state index contributed by atoms with van der Waals surface area (Å²) in [6, 6.07) is 9.92. The molecule has 18 nitrogen and oxygen atoms in total. The first-order valence-corrected chi connectivity index (χ1v) is 16.1. The smallest absolute Gasteiger partial charge is 0.243 e. The lowest BCUT2D eigenvalue weighted by Gasteiger charge is -2.39. The highest BCUT2D eigenvalue weighted by Crippen LogP contribution is 2.22. The Bertz CT molecular complexity index is 1480. The highest BCUT2D eigenvalue weighted by atomic mass is 16.7. The zero-order chi connectivity index (χ0) is 37.8. The van der Waals surface area contributed by atoms with Crippen LogP contribution < -0.4 is 27.4 Å². The first-order valence-electron chi connectivity index (χ1n) is 16.1. The minimum absolute atomic E-state index is 0.0205. The van der Waals surface area contributed by atoms with Gasteiger partial charge in [-0.25, -0.2) is 0 Å². The van der Waals surface area contributed by atoms with Crippen molar-refractivity contribution in [2.75, 3.05) is 26.8 Å². The van der Waals surface area contributed by atoms with Crippen molar-refractivity contribution < 1.29 is 59.0 Å². The predicted octanol–water partition coefficient (Wildman–Crippen LogP) is -4.26. The van der Waals surface area contributed by atoms with Crippen LogP contribution in [0.15, 0.2) is 54.6 Å². The standard InChI is InChI=1S/C33H46N6O12/c1-17(37-31(48)21(34)12-19-8-10-20(41)11-9-19)30(47)36-14-25(42)39(2)23(13-18-6-4-3-5-7-18)32(49)38-22(29(35)46)16-50-33-28(45)27(44)26(43)24(15-40)51-33/h3-11,17,21-24,26-28,33,40-41,43-45H,12-16,34H2,1-2H3,(H2,35,46)(H,36,47)(H,37,48)(H,38,49)/t17-,21+,22+,23+,24-,26-,27+,28-,33-/m1/s1. The molecule has 0 aliphatic carbocycles. The number of aliphatic hydroxyl groups excluding tert-OH is 4. The maximum Gasteiger partial charge on any atom is 0.243 e. The van der Waals surface area contributed by atoms with Gasteiger partial charge in [0.2, 0.25) is 29.5 Å². The molecule has 0 spiro atoms. The number of phenolic OH excluding ortho intramolecular Hbond substituents is 1. The van der Waals surface area contributed by atoms with Crippen molar-refractivity contribution in [1.82, 2.24) is 20.9 Å². The SMILES string of the molecule is C[C@@H](NC(=O)[C@@H](N)Cc1ccc(O)cc1)C(=O)NCC(=O)N(C)[C@@H](Cc1ccccc1)C(=O)N[C@@H](CO[C@@H]1O[C@H](CO)[C@@H](O)[C@H](O)[C@H]1O)C(N)=O. The van der Waals surface area contributed by atoms with E-state index >= 15 is 0 Å². The zero-order valence-corrected chi connectivity index (χ0v) is 28.1. The van der Waals surface area contributed by atoms with Crippen molar-refractivity contribution in [3.8, 4) is 5.75 Å². The average Bonchev–Trinajstić information content (AvgIpc) is 3.11. The Morgan fingerprint density at radius 3 is 2.12 bits per heavy atom. The summed E-state index contributed by atoms with van der Waals surface area (Å²) >= 11 is 0. The molecule has 0 unspecified atom stereocenters. The molecule has 5 amide bonds. The van der Waals surface area contributed by atoms with E-state index < -0.39 is 104 Å². The number of phenols is 1. The number of hydrogen-bond acceptors (Lipinski definition) is 13. The second kappa shape index (κ2) is 19.1. The Balaban J connectivity index is 1.62. The van der Waals surface area contributed by atoms with E-state index in [1.165, 1.54) is 26.1 Å². The maximum absolute atomic E-state index is 13.6. The van der Waals surface area contributed by atoms with Crippen molar-refractivity contribution in [2.24, 2.45) is 11.5 Å². The molecule has 1 saturated heterocycles. The van der Waals surface area contributed by atoms with Crippen molar-refractivity contribution in [1.29, 1.82) is 0 Å². The van der Waals surface area contributed by atoms with Gasteiger partial charge >= 0.3 is 0 Å². The molecule has 280 valence electrons. The van der Waals surface area contributed by atoms with E-state index in [9.17, 15) is 49.5 Å². The quantitative estimate of drug-likeness (QED) is 0.0742. The van der Waals surface area contributed by atoms with Gasteiger partial charge in [0.25, 0.3) is 0 Å². The van der Waals surface area contributed by atoms with E-state index in [2.05, 4.69) is 16.0 Å². The summed E-state index contributed by atoms with van der Waals surface area (Å²) < 4.78 is 10.7. The first kappa shape index (κ1) is 40.7. The average molecular weight is 719 g/mol. The minimum atomic E-state index is -1.77. The summed E-state index contributed by atoms with van der Waals surface area (Å²) in [4.78, 5) is 65.5. The van der Waals surface area contributed by atoms with E-state index in [-0.39, 0.29) is 18.6 Å². The third-order valence-electron chi connectivity index (χ3n) is 8.27. The molecule has 12 N–H and O–H groups in total. The van der Waals surface area contributed by atoms with Crippen LogP contribution in [0.1, 0.15) is 18.1 Å². The van der Waals surface area contributed by atoms with Crippen LogP contribution in [-0.4, -0.2) is 142 Å². The number of ether oxygens (including phenoxy) is 2. The van der Waals surface area contributed by atoms with Gasteiger partial charge in [-0.1, -0.05) is 42.5 Å². The summed E-state index contributed by atoms with van der Waals surface area (Å²) in [5, 5.41) is 56.4. The largest absolute Gasteiger partial charge is 0.508 e. The molecule has 2 aromatic rings. The lowest BCUT2D eigenvalue weighted by atomic mass is 9.99. The minimum Gasteiger partial charge on any atom is -0.508 e. The van der Waals surface area contributed by atoms with Crippen molar-refractivity contribution in [3.63, 3.8) is 0 Å². The van der Waals surface area contributed by atoms with Gasteiger partial charge < -0.3 is 67.3 Å². The molecule has 0 radical (unpaired) electrons. The fraction of sp³-hybridized carbons (Fsp3) is 0.485. The lowest BCUT2D eigenvalue weighted by molar-refractivity contribution is -0.301. The van der Waals surface area contributed by atoms with Crippen LogP contribution in [0, 0.1) is 0 Å². The molecule has 51 heavy (non-hydrogen) atoms. The number of rotatable bonds is 17. The molecule has 1 aliphatic rings. The van der Waals surface area contributed by atoms with Gasteiger partial charge in [0, 0.05) is 13.5 Å². The fourth-order valence-corrected chi connectivity index (χ4v) is 5.08. The molecule has 1 fully saturated rings. The number of likely N-dealkylation sites (N-methyl/N-ethyl adjacent to an activating group) is 1. The molecular formula is C33H46N6O12. The lowest BCUT2D eigenvalue weighted by Crippen LogP contribution is -2.60. The topological polar surface area (TPSA) is 296 Å². The summed E-state index contributed by atoms with van der Waals surface area (Å²) in [7, 11) is 1.32. The molecule has 3 rings (SSSR count). The number of carbonyl (C=O) groups is 5. The fourth-order valence-electron chi connectivity index (χ4n) is 5.08. The normalized spacial score (nSPS) is 22.5. The number of benzene rings is 2. The van der Waals surface area contributed by atoms with Crippen molar-refractivity contribution in [3.05, 3.63) is 65.7 Å². The first-order chi connectivity index (χ1) is 24.1. The number of nitrogens with zero attached hydrogens (tertiary/aromatic N) is 1. The van der Waals surface area contributed by atoms with Crippen LogP contribution >= 0.6 is 0 Å². The molecule has 18 heteroatoms. The van der Waals surface area contributed by atoms with E-state index in [1.807, 2.05) is 0 Å². The summed E-state index contributed by atoms with van der Waals surface area (Å²) in [6.07, 6.45) is -7.91. The van der Waals surface area contributed by atoms with Gasteiger partial charge in [-0.3, -0.25) is 24.0 Å². The van der Waals surface area contributed by atoms with Gasteiger partial charge in [-0.15, -0.1) is 0 Å². The van der Waals surface area contributed by atoms with Crippen LogP contribution in [0.3, 0.4) is 0 Å². The number of hydrogen-bond donors (Lipinski definition) is 10. The Hall–Kier alpha value is -4.69. The van der Waals surface area contributed by atoms with Crippen molar-refractivity contribution in [2.45, 2.75) is 74.6 Å². The Labute approximate surface area is 293 Å².